The second kappa shape index (κ2) is 6.43. The molecule has 0 aliphatic carbocycles. The van der Waals surface area contributed by atoms with E-state index in [0.29, 0.717) is 11.3 Å². The molecule has 21 heavy (non-hydrogen) atoms. The van der Waals surface area contributed by atoms with E-state index in [2.05, 4.69) is 10.3 Å². The third kappa shape index (κ3) is 3.72. The Balaban J connectivity index is 2.20. The van der Waals surface area contributed by atoms with Gasteiger partial charge in [-0.15, -0.1) is 0 Å². The number of hydrogen-bond acceptors (Lipinski definition) is 5. The lowest BCUT2D eigenvalue weighted by Gasteiger charge is -2.33. The highest BCUT2D eigenvalue weighted by molar-refractivity contribution is 7.91. The molecular formula is C14H21N3O3S. The predicted octanol–water partition coefficient (Wildman–Crippen LogP) is 1.16. The molecule has 1 fully saturated rings. The fraction of sp³-hybridized carbons (Fsp3) is 0.571. The molecule has 1 saturated heterocycles. The minimum absolute atomic E-state index is 0.0293. The second-order valence-corrected chi connectivity index (χ2v) is 7.54. The van der Waals surface area contributed by atoms with Crippen molar-refractivity contribution in [3.8, 4) is 0 Å². The number of amides is 1. The van der Waals surface area contributed by atoms with E-state index in [1.165, 1.54) is 0 Å². The zero-order valence-electron chi connectivity index (χ0n) is 12.4. The van der Waals surface area contributed by atoms with Crippen LogP contribution < -0.4 is 5.32 Å². The number of aromatic nitrogens is 1. The lowest BCUT2D eigenvalue weighted by molar-refractivity contribution is 0.0713. The summed E-state index contributed by atoms with van der Waals surface area (Å²) in [5.41, 5.74) is 1.24. The number of carbonyl (C=O) groups is 1. The van der Waals surface area contributed by atoms with Crippen molar-refractivity contribution in [1.82, 2.24) is 9.88 Å². The minimum Gasteiger partial charge on any atom is -0.383 e. The summed E-state index contributed by atoms with van der Waals surface area (Å²) in [5, 5.41) is 3.19. The lowest BCUT2D eigenvalue weighted by atomic mass is 10.1. The Bertz CT molecular complexity index is 616. The highest BCUT2D eigenvalue weighted by Gasteiger charge is 2.32. The average Bonchev–Trinajstić information content (AvgIpc) is 2.44. The molecule has 1 amide bonds. The maximum atomic E-state index is 12.7. The molecule has 7 heteroatoms. The van der Waals surface area contributed by atoms with E-state index in [1.807, 2.05) is 6.92 Å². The third-order valence-electron chi connectivity index (χ3n) is 3.55. The van der Waals surface area contributed by atoms with Crippen LogP contribution in [0.25, 0.3) is 0 Å². The molecule has 1 unspecified atom stereocenters. The maximum absolute atomic E-state index is 12.7. The molecule has 0 aromatic carbocycles. The Morgan fingerprint density at radius 2 is 2.29 bits per heavy atom. The van der Waals surface area contributed by atoms with E-state index >= 15 is 0 Å². The Morgan fingerprint density at radius 1 is 1.52 bits per heavy atom. The Labute approximate surface area is 125 Å². The number of pyridine rings is 1. The van der Waals surface area contributed by atoms with Gasteiger partial charge in [-0.05, 0) is 19.4 Å². The van der Waals surface area contributed by atoms with Crippen molar-refractivity contribution < 1.29 is 13.2 Å². The van der Waals surface area contributed by atoms with Gasteiger partial charge in [0.05, 0.1) is 29.0 Å². The van der Waals surface area contributed by atoms with Crippen LogP contribution >= 0.6 is 0 Å². The largest absolute Gasteiger partial charge is 0.383 e. The summed E-state index contributed by atoms with van der Waals surface area (Å²) in [6.07, 6.45) is 4.16. The van der Waals surface area contributed by atoms with Crippen LogP contribution in [0.2, 0.25) is 0 Å². The monoisotopic (exact) mass is 311 g/mol. The summed E-state index contributed by atoms with van der Waals surface area (Å²) < 4.78 is 23.2. The number of nitrogens with zero attached hydrogens (tertiary/aromatic N) is 2. The summed E-state index contributed by atoms with van der Waals surface area (Å²) in [4.78, 5) is 18.3. The van der Waals surface area contributed by atoms with Crippen LogP contribution in [0.3, 0.4) is 0 Å². The number of anilines is 1. The molecule has 1 aliphatic rings. The van der Waals surface area contributed by atoms with Gasteiger partial charge in [-0.3, -0.25) is 9.78 Å². The first-order chi connectivity index (χ1) is 9.94. The lowest BCUT2D eigenvalue weighted by Crippen LogP contribution is -2.49. The first kappa shape index (κ1) is 15.8. The predicted molar refractivity (Wildman–Crippen MR) is 82.2 cm³/mol. The quantitative estimate of drug-likeness (QED) is 0.903. The van der Waals surface area contributed by atoms with Crippen molar-refractivity contribution in [3.05, 3.63) is 24.0 Å². The van der Waals surface area contributed by atoms with Gasteiger partial charge in [0.25, 0.3) is 5.91 Å². The van der Waals surface area contributed by atoms with Crippen LogP contribution in [0, 0.1) is 0 Å². The highest BCUT2D eigenvalue weighted by Crippen LogP contribution is 2.20. The topological polar surface area (TPSA) is 79.4 Å². The zero-order chi connectivity index (χ0) is 15.5. The van der Waals surface area contributed by atoms with E-state index in [1.54, 1.807) is 30.3 Å². The van der Waals surface area contributed by atoms with Crippen molar-refractivity contribution in [1.29, 1.82) is 0 Å². The third-order valence-corrected chi connectivity index (χ3v) is 5.34. The van der Waals surface area contributed by atoms with Crippen LogP contribution in [-0.4, -0.2) is 54.8 Å². The van der Waals surface area contributed by atoms with E-state index in [-0.39, 0.29) is 30.0 Å². The molecule has 116 valence electrons. The molecule has 0 bridgehead atoms. The van der Waals surface area contributed by atoms with Crippen LogP contribution in [-0.2, 0) is 9.84 Å². The Morgan fingerprint density at radius 3 is 2.95 bits per heavy atom. The van der Waals surface area contributed by atoms with E-state index in [9.17, 15) is 13.2 Å². The SMILES string of the molecule is CCCNc1cnccc1C(=O)N1CCS(=O)(=O)CC1C. The summed E-state index contributed by atoms with van der Waals surface area (Å²) >= 11 is 0. The average molecular weight is 311 g/mol. The van der Waals surface area contributed by atoms with Crippen molar-refractivity contribution in [3.63, 3.8) is 0 Å². The van der Waals surface area contributed by atoms with Gasteiger partial charge in [0, 0.05) is 25.3 Å². The molecule has 1 N–H and O–H groups in total. The number of sulfone groups is 1. The first-order valence-corrected chi connectivity index (χ1v) is 8.96. The summed E-state index contributed by atoms with van der Waals surface area (Å²) in [6, 6.07) is 1.37. The molecule has 6 nitrogen and oxygen atoms in total. The Kier molecular flexibility index (Phi) is 4.82. The van der Waals surface area contributed by atoms with Gasteiger partial charge in [-0.2, -0.15) is 0 Å². The summed E-state index contributed by atoms with van der Waals surface area (Å²) in [6.45, 7) is 4.82. The Hall–Kier alpha value is -1.63. The van der Waals surface area contributed by atoms with Gasteiger partial charge in [0.1, 0.15) is 0 Å². The van der Waals surface area contributed by atoms with E-state index < -0.39 is 9.84 Å². The van der Waals surface area contributed by atoms with E-state index in [4.69, 9.17) is 0 Å². The normalized spacial score (nSPS) is 21.0. The van der Waals surface area contributed by atoms with E-state index in [0.717, 1.165) is 13.0 Å². The van der Waals surface area contributed by atoms with Gasteiger partial charge < -0.3 is 10.2 Å². The fourth-order valence-corrected chi connectivity index (χ4v) is 3.99. The molecule has 1 atom stereocenters. The summed E-state index contributed by atoms with van der Waals surface area (Å²) in [7, 11) is -3.03. The molecule has 2 heterocycles. The highest BCUT2D eigenvalue weighted by atomic mass is 32.2. The van der Waals surface area contributed by atoms with Crippen molar-refractivity contribution in [2.24, 2.45) is 0 Å². The van der Waals surface area contributed by atoms with Crippen LogP contribution in [0.5, 0.6) is 0 Å². The van der Waals surface area contributed by atoms with Crippen LogP contribution in [0.1, 0.15) is 30.6 Å². The zero-order valence-corrected chi connectivity index (χ0v) is 13.2. The van der Waals surface area contributed by atoms with Crippen LogP contribution in [0.15, 0.2) is 18.5 Å². The van der Waals surface area contributed by atoms with Gasteiger partial charge in [-0.1, -0.05) is 6.92 Å². The number of rotatable bonds is 4. The minimum atomic E-state index is -3.03. The molecule has 1 aromatic rings. The molecule has 0 saturated carbocycles. The van der Waals surface area contributed by atoms with Crippen molar-refractivity contribution in [2.75, 3.05) is 29.9 Å². The maximum Gasteiger partial charge on any atom is 0.256 e. The van der Waals surface area contributed by atoms with Gasteiger partial charge in [0.15, 0.2) is 9.84 Å². The standard InChI is InChI=1S/C14H21N3O3S/c1-3-5-16-13-9-15-6-4-12(13)14(18)17-7-8-21(19,20)10-11(17)2/h4,6,9,11,16H,3,5,7-8,10H2,1-2H3. The smallest absolute Gasteiger partial charge is 0.256 e. The number of hydrogen-bond donors (Lipinski definition) is 1. The molecular weight excluding hydrogens is 290 g/mol. The number of nitrogens with one attached hydrogen (secondary N) is 1. The van der Waals surface area contributed by atoms with Crippen molar-refractivity contribution >= 4 is 21.4 Å². The van der Waals surface area contributed by atoms with Gasteiger partial charge in [0.2, 0.25) is 0 Å². The molecule has 1 aliphatic heterocycles. The molecule has 0 spiro atoms. The second-order valence-electron chi connectivity index (χ2n) is 5.31. The fourth-order valence-electron chi connectivity index (χ4n) is 2.44. The van der Waals surface area contributed by atoms with Gasteiger partial charge in [-0.25, -0.2) is 8.42 Å². The van der Waals surface area contributed by atoms with Crippen molar-refractivity contribution in [2.45, 2.75) is 26.3 Å². The molecule has 2 rings (SSSR count). The van der Waals surface area contributed by atoms with Crippen LogP contribution in [0.4, 0.5) is 5.69 Å². The van der Waals surface area contributed by atoms with Gasteiger partial charge >= 0.3 is 0 Å². The summed E-state index contributed by atoms with van der Waals surface area (Å²) in [5.74, 6) is -0.0774. The molecule has 1 aromatic heterocycles. The number of carbonyl (C=O) groups excluding carboxylic acids is 1. The first-order valence-electron chi connectivity index (χ1n) is 7.14. The molecule has 0 radical (unpaired) electrons.